The van der Waals surface area contributed by atoms with Crippen LogP contribution in [0.3, 0.4) is 0 Å². The van der Waals surface area contributed by atoms with Crippen molar-refractivity contribution in [2.24, 2.45) is 0 Å². The average Bonchev–Trinajstić information content (AvgIpc) is 2.20. The average molecular weight is 246 g/mol. The minimum absolute atomic E-state index is 0.309. The summed E-state index contributed by atoms with van der Waals surface area (Å²) >= 11 is 5.93. The highest BCUT2D eigenvalue weighted by Crippen LogP contribution is 2.25. The summed E-state index contributed by atoms with van der Waals surface area (Å²) in [5.74, 6) is -0.723. The highest BCUT2D eigenvalue weighted by Gasteiger charge is 2.16. The third-order valence-corrected chi connectivity index (χ3v) is 2.54. The van der Waals surface area contributed by atoms with Crippen molar-refractivity contribution in [2.45, 2.75) is 19.9 Å². The van der Waals surface area contributed by atoms with E-state index in [1.807, 2.05) is 0 Å². The van der Waals surface area contributed by atoms with Crippen LogP contribution in [0.5, 0.6) is 0 Å². The Hall–Kier alpha value is -1.13. The topological polar surface area (TPSA) is 49.3 Å². The van der Waals surface area contributed by atoms with Crippen molar-refractivity contribution in [1.29, 1.82) is 0 Å². The number of aliphatic hydroxyl groups is 1. The number of amides is 1. The lowest BCUT2D eigenvalue weighted by Crippen LogP contribution is -2.28. The van der Waals surface area contributed by atoms with Crippen molar-refractivity contribution in [3.05, 3.63) is 34.1 Å². The first-order valence-corrected chi connectivity index (χ1v) is 5.17. The number of nitrogens with one attached hydrogen (secondary N) is 1. The normalized spacial score (nSPS) is 12.3. The lowest BCUT2D eigenvalue weighted by molar-refractivity contribution is -0.120. The van der Waals surface area contributed by atoms with E-state index < -0.39 is 11.9 Å². The van der Waals surface area contributed by atoms with Crippen LogP contribution in [-0.2, 0) is 4.79 Å². The van der Waals surface area contributed by atoms with Crippen LogP contribution in [0.25, 0.3) is 0 Å². The molecule has 1 aromatic carbocycles. The molecule has 0 aromatic heterocycles. The smallest absolute Gasteiger partial charge is 0.217 e. The molecule has 0 saturated heterocycles. The highest BCUT2D eigenvalue weighted by molar-refractivity contribution is 6.31. The number of rotatable bonds is 3. The highest BCUT2D eigenvalue weighted by atomic mass is 35.5. The van der Waals surface area contributed by atoms with E-state index in [0.29, 0.717) is 16.1 Å². The van der Waals surface area contributed by atoms with Crippen LogP contribution in [0.2, 0.25) is 5.02 Å². The number of aliphatic hydroxyl groups excluding tert-OH is 1. The van der Waals surface area contributed by atoms with Gasteiger partial charge in [-0.3, -0.25) is 4.79 Å². The van der Waals surface area contributed by atoms with Gasteiger partial charge in [-0.15, -0.1) is 0 Å². The molecular formula is C11H13ClFNO2. The van der Waals surface area contributed by atoms with Gasteiger partial charge in [0, 0.05) is 11.9 Å². The molecule has 0 bridgehead atoms. The minimum atomic E-state index is -0.680. The standard InChI is InChI=1S/C11H13ClFNO2/c1-6-3-9(12)8(4-10(6)13)11(5-15)14-7(2)16/h3-4,11,15H,5H2,1-2H3,(H,14,16). The third-order valence-electron chi connectivity index (χ3n) is 2.21. The number of halogens is 2. The quantitative estimate of drug-likeness (QED) is 0.855. The molecule has 16 heavy (non-hydrogen) atoms. The summed E-state index contributed by atoms with van der Waals surface area (Å²) in [7, 11) is 0. The Labute approximate surface area is 98.2 Å². The molecule has 5 heteroatoms. The Kier molecular flexibility index (Phi) is 4.26. The van der Waals surface area contributed by atoms with Crippen molar-refractivity contribution in [3.63, 3.8) is 0 Å². The van der Waals surface area contributed by atoms with E-state index in [2.05, 4.69) is 5.32 Å². The molecule has 0 fully saturated rings. The van der Waals surface area contributed by atoms with Gasteiger partial charge in [0.1, 0.15) is 5.82 Å². The second-order valence-corrected chi connectivity index (χ2v) is 3.97. The van der Waals surface area contributed by atoms with E-state index in [9.17, 15) is 9.18 Å². The maximum Gasteiger partial charge on any atom is 0.217 e. The Morgan fingerprint density at radius 3 is 2.75 bits per heavy atom. The zero-order chi connectivity index (χ0) is 12.3. The summed E-state index contributed by atoms with van der Waals surface area (Å²) in [6.07, 6.45) is 0. The monoisotopic (exact) mass is 245 g/mol. The molecule has 0 heterocycles. The SMILES string of the molecule is CC(=O)NC(CO)c1cc(F)c(C)cc1Cl. The Balaban J connectivity index is 3.09. The van der Waals surface area contributed by atoms with Gasteiger partial charge in [0.05, 0.1) is 12.6 Å². The number of benzene rings is 1. The Morgan fingerprint density at radius 1 is 1.62 bits per heavy atom. The molecule has 1 amide bonds. The second kappa shape index (κ2) is 5.27. The van der Waals surface area contributed by atoms with Crippen LogP contribution < -0.4 is 5.32 Å². The number of carbonyl (C=O) groups excluding carboxylic acids is 1. The molecule has 88 valence electrons. The minimum Gasteiger partial charge on any atom is -0.394 e. The summed E-state index contributed by atoms with van der Waals surface area (Å²) in [5, 5.41) is 11.9. The summed E-state index contributed by atoms with van der Waals surface area (Å²) < 4.78 is 13.3. The molecule has 0 aliphatic carbocycles. The number of hydrogen-bond donors (Lipinski definition) is 2. The third kappa shape index (κ3) is 2.93. The molecule has 0 spiro atoms. The Morgan fingerprint density at radius 2 is 2.25 bits per heavy atom. The summed E-state index contributed by atoms with van der Waals surface area (Å²) in [6, 6.07) is 2.02. The van der Waals surface area contributed by atoms with E-state index in [4.69, 9.17) is 16.7 Å². The summed E-state index contributed by atoms with van der Waals surface area (Å²) in [4.78, 5) is 10.9. The van der Waals surface area contributed by atoms with Crippen molar-refractivity contribution in [2.75, 3.05) is 6.61 Å². The van der Waals surface area contributed by atoms with Gasteiger partial charge in [-0.1, -0.05) is 11.6 Å². The van der Waals surface area contributed by atoms with Crippen LogP contribution >= 0.6 is 11.6 Å². The van der Waals surface area contributed by atoms with Gasteiger partial charge >= 0.3 is 0 Å². The zero-order valence-electron chi connectivity index (χ0n) is 9.05. The molecule has 1 unspecified atom stereocenters. The lowest BCUT2D eigenvalue weighted by Gasteiger charge is -2.17. The van der Waals surface area contributed by atoms with Crippen LogP contribution in [0.1, 0.15) is 24.1 Å². The summed E-state index contributed by atoms with van der Waals surface area (Å²) in [6.45, 7) is 2.58. The van der Waals surface area contributed by atoms with Gasteiger partial charge in [0.2, 0.25) is 5.91 Å². The van der Waals surface area contributed by atoms with Crippen molar-refractivity contribution >= 4 is 17.5 Å². The molecule has 0 saturated carbocycles. The van der Waals surface area contributed by atoms with E-state index in [-0.39, 0.29) is 12.5 Å². The van der Waals surface area contributed by atoms with Gasteiger partial charge in [0.25, 0.3) is 0 Å². The van der Waals surface area contributed by atoms with Crippen LogP contribution in [0.4, 0.5) is 4.39 Å². The molecule has 1 aromatic rings. The molecule has 1 atom stereocenters. The van der Waals surface area contributed by atoms with E-state index >= 15 is 0 Å². The van der Waals surface area contributed by atoms with E-state index in [1.165, 1.54) is 19.1 Å². The molecular weight excluding hydrogens is 233 g/mol. The van der Waals surface area contributed by atoms with Gasteiger partial charge in [-0.25, -0.2) is 4.39 Å². The van der Waals surface area contributed by atoms with Crippen molar-refractivity contribution < 1.29 is 14.3 Å². The first-order chi connectivity index (χ1) is 7.45. The maximum absolute atomic E-state index is 13.3. The van der Waals surface area contributed by atoms with E-state index in [0.717, 1.165) is 0 Å². The van der Waals surface area contributed by atoms with Crippen LogP contribution in [0, 0.1) is 12.7 Å². The molecule has 0 aliphatic heterocycles. The molecule has 2 N–H and O–H groups in total. The van der Waals surface area contributed by atoms with Crippen LogP contribution in [-0.4, -0.2) is 17.6 Å². The second-order valence-electron chi connectivity index (χ2n) is 3.56. The van der Waals surface area contributed by atoms with Gasteiger partial charge < -0.3 is 10.4 Å². The first kappa shape index (κ1) is 12.9. The predicted molar refractivity (Wildman–Crippen MR) is 59.8 cm³/mol. The maximum atomic E-state index is 13.3. The van der Waals surface area contributed by atoms with Crippen molar-refractivity contribution in [1.82, 2.24) is 5.32 Å². The number of carbonyl (C=O) groups is 1. The fourth-order valence-electron chi connectivity index (χ4n) is 1.40. The predicted octanol–water partition coefficient (Wildman–Crippen LogP) is 1.96. The van der Waals surface area contributed by atoms with Crippen LogP contribution in [0.15, 0.2) is 12.1 Å². The number of hydrogen-bond acceptors (Lipinski definition) is 2. The first-order valence-electron chi connectivity index (χ1n) is 4.79. The molecule has 3 nitrogen and oxygen atoms in total. The lowest BCUT2D eigenvalue weighted by atomic mass is 10.0. The van der Waals surface area contributed by atoms with Gasteiger partial charge in [-0.05, 0) is 30.2 Å². The largest absolute Gasteiger partial charge is 0.394 e. The fourth-order valence-corrected chi connectivity index (χ4v) is 1.75. The zero-order valence-corrected chi connectivity index (χ0v) is 9.81. The molecule has 1 rings (SSSR count). The van der Waals surface area contributed by atoms with E-state index in [1.54, 1.807) is 6.92 Å². The number of aryl methyl sites for hydroxylation is 1. The van der Waals surface area contributed by atoms with Crippen molar-refractivity contribution in [3.8, 4) is 0 Å². The van der Waals surface area contributed by atoms with Gasteiger partial charge in [0.15, 0.2) is 0 Å². The Bertz CT molecular complexity index is 409. The molecule has 0 radical (unpaired) electrons. The van der Waals surface area contributed by atoms with Gasteiger partial charge in [-0.2, -0.15) is 0 Å². The summed E-state index contributed by atoms with van der Waals surface area (Å²) in [5.41, 5.74) is 0.802. The fraction of sp³-hybridized carbons (Fsp3) is 0.364. The molecule has 0 aliphatic rings.